The molecule has 0 bridgehead atoms. The number of hydrogen-bond acceptors (Lipinski definition) is 2. The largest absolute Gasteiger partial charge is 0.489 e. The molecular formula is C14H19NO. The Morgan fingerprint density at radius 1 is 1.44 bits per heavy atom. The molecule has 1 aliphatic rings. The molecule has 16 heavy (non-hydrogen) atoms. The number of nitrogens with two attached hydrogens (primary N) is 1. The fraction of sp³-hybridized carbons (Fsp3) is 0.429. The predicted octanol–water partition coefficient (Wildman–Crippen LogP) is 2.68. The Morgan fingerprint density at radius 2 is 2.12 bits per heavy atom. The van der Waals surface area contributed by atoms with E-state index < -0.39 is 0 Å². The maximum absolute atomic E-state index is 6.13. The summed E-state index contributed by atoms with van der Waals surface area (Å²) in [6, 6.07) is 8.13. The van der Waals surface area contributed by atoms with Crippen LogP contribution >= 0.6 is 0 Å². The van der Waals surface area contributed by atoms with Gasteiger partial charge in [-0.3, -0.25) is 0 Å². The van der Waals surface area contributed by atoms with Gasteiger partial charge in [0.2, 0.25) is 0 Å². The molecule has 0 spiro atoms. The first-order valence-electron chi connectivity index (χ1n) is 5.73. The van der Waals surface area contributed by atoms with Crippen molar-refractivity contribution >= 4 is 0 Å². The van der Waals surface area contributed by atoms with Gasteiger partial charge in [-0.1, -0.05) is 24.8 Å². The molecule has 86 valence electrons. The van der Waals surface area contributed by atoms with E-state index in [1.807, 2.05) is 25.1 Å². The summed E-state index contributed by atoms with van der Waals surface area (Å²) in [5.41, 5.74) is 8.40. The molecule has 0 heterocycles. The van der Waals surface area contributed by atoms with Crippen molar-refractivity contribution in [1.82, 2.24) is 0 Å². The Labute approximate surface area is 97.1 Å². The molecule has 0 saturated heterocycles. The second-order valence-electron chi connectivity index (χ2n) is 4.89. The van der Waals surface area contributed by atoms with Crippen molar-refractivity contribution < 1.29 is 4.74 Å². The van der Waals surface area contributed by atoms with E-state index in [0.29, 0.717) is 6.61 Å². The molecule has 0 aromatic heterocycles. The highest BCUT2D eigenvalue weighted by atomic mass is 16.5. The fourth-order valence-electron chi connectivity index (χ4n) is 1.71. The fourth-order valence-corrected chi connectivity index (χ4v) is 1.71. The summed E-state index contributed by atoms with van der Waals surface area (Å²) in [6.07, 6.45) is 3.17. The van der Waals surface area contributed by atoms with Crippen molar-refractivity contribution in [3.63, 3.8) is 0 Å². The van der Waals surface area contributed by atoms with Crippen LogP contribution in [0.15, 0.2) is 36.4 Å². The highest BCUT2D eigenvalue weighted by molar-refractivity contribution is 5.36. The van der Waals surface area contributed by atoms with Crippen LogP contribution in [0.1, 0.15) is 25.3 Å². The first kappa shape index (κ1) is 11.2. The predicted molar refractivity (Wildman–Crippen MR) is 66.6 cm³/mol. The summed E-state index contributed by atoms with van der Waals surface area (Å²) in [6.45, 7) is 6.38. The first-order valence-corrected chi connectivity index (χ1v) is 5.73. The lowest BCUT2D eigenvalue weighted by Gasteiger charge is -2.14. The first-order chi connectivity index (χ1) is 7.59. The van der Waals surface area contributed by atoms with Crippen LogP contribution in [0.5, 0.6) is 5.75 Å². The van der Waals surface area contributed by atoms with Crippen LogP contribution in [0.25, 0.3) is 0 Å². The lowest BCUT2D eigenvalue weighted by Crippen LogP contribution is -2.24. The van der Waals surface area contributed by atoms with E-state index in [1.54, 1.807) is 0 Å². The van der Waals surface area contributed by atoms with Crippen LogP contribution in [-0.4, -0.2) is 12.1 Å². The Hall–Kier alpha value is -1.28. The Balaban J connectivity index is 2.07. The summed E-state index contributed by atoms with van der Waals surface area (Å²) in [7, 11) is 0. The molecule has 0 unspecified atom stereocenters. The zero-order valence-electron chi connectivity index (χ0n) is 9.83. The maximum Gasteiger partial charge on any atom is 0.123 e. The summed E-state index contributed by atoms with van der Waals surface area (Å²) >= 11 is 0. The minimum atomic E-state index is 0.0304. The molecule has 1 aromatic rings. The van der Waals surface area contributed by atoms with Crippen molar-refractivity contribution in [3.05, 3.63) is 42.0 Å². The minimum Gasteiger partial charge on any atom is -0.489 e. The van der Waals surface area contributed by atoms with Crippen molar-refractivity contribution in [3.8, 4) is 5.75 Å². The zero-order chi connectivity index (χ0) is 11.6. The molecule has 1 fully saturated rings. The van der Waals surface area contributed by atoms with E-state index in [0.717, 1.165) is 30.6 Å². The molecule has 0 atom stereocenters. The highest BCUT2D eigenvalue weighted by Gasteiger charge is 2.38. The van der Waals surface area contributed by atoms with E-state index in [4.69, 9.17) is 10.5 Å². The van der Waals surface area contributed by atoms with Crippen LogP contribution < -0.4 is 10.5 Å². The molecule has 1 aliphatic carbocycles. The van der Waals surface area contributed by atoms with Crippen LogP contribution in [0.3, 0.4) is 0 Å². The zero-order valence-corrected chi connectivity index (χ0v) is 9.83. The highest BCUT2D eigenvalue weighted by Crippen LogP contribution is 2.37. The minimum absolute atomic E-state index is 0.0304. The van der Waals surface area contributed by atoms with Gasteiger partial charge in [-0.15, -0.1) is 0 Å². The van der Waals surface area contributed by atoms with Crippen LogP contribution in [-0.2, 0) is 6.42 Å². The van der Waals surface area contributed by atoms with Gasteiger partial charge >= 0.3 is 0 Å². The molecule has 2 rings (SSSR count). The Kier molecular flexibility index (Phi) is 3.01. The van der Waals surface area contributed by atoms with Gasteiger partial charge in [-0.25, -0.2) is 0 Å². The van der Waals surface area contributed by atoms with E-state index >= 15 is 0 Å². The van der Waals surface area contributed by atoms with Crippen LogP contribution in [0.2, 0.25) is 0 Å². The third kappa shape index (κ3) is 2.86. The molecule has 2 heteroatoms. The number of ether oxygens (including phenoxy) is 1. The number of rotatable bonds is 5. The van der Waals surface area contributed by atoms with Gasteiger partial charge in [0, 0.05) is 5.54 Å². The monoisotopic (exact) mass is 217 g/mol. The molecule has 2 nitrogen and oxygen atoms in total. The third-order valence-corrected chi connectivity index (χ3v) is 2.88. The lowest BCUT2D eigenvalue weighted by molar-refractivity contribution is 0.347. The van der Waals surface area contributed by atoms with Gasteiger partial charge in [-0.05, 0) is 43.4 Å². The average Bonchev–Trinajstić information content (AvgIpc) is 2.95. The van der Waals surface area contributed by atoms with Crippen LogP contribution in [0, 0.1) is 0 Å². The second kappa shape index (κ2) is 4.30. The van der Waals surface area contributed by atoms with Crippen LogP contribution in [0.4, 0.5) is 0 Å². The molecule has 0 radical (unpaired) electrons. The summed E-state index contributed by atoms with van der Waals surface area (Å²) in [5, 5.41) is 0. The maximum atomic E-state index is 6.13. The Morgan fingerprint density at radius 3 is 2.75 bits per heavy atom. The average molecular weight is 217 g/mol. The molecule has 0 amide bonds. The van der Waals surface area contributed by atoms with Gasteiger partial charge in [0.1, 0.15) is 12.4 Å². The SMILES string of the molecule is C=C(C)COc1ccccc1CC1(N)CC1. The quantitative estimate of drug-likeness (QED) is 0.770. The van der Waals surface area contributed by atoms with Gasteiger partial charge < -0.3 is 10.5 Å². The van der Waals surface area contributed by atoms with Crippen molar-refractivity contribution in [2.45, 2.75) is 31.7 Å². The number of benzene rings is 1. The second-order valence-corrected chi connectivity index (χ2v) is 4.89. The number of para-hydroxylation sites is 1. The smallest absolute Gasteiger partial charge is 0.123 e. The normalized spacial score (nSPS) is 16.9. The molecule has 1 aromatic carbocycles. The van der Waals surface area contributed by atoms with Crippen molar-refractivity contribution in [2.24, 2.45) is 5.73 Å². The van der Waals surface area contributed by atoms with Gasteiger partial charge in [0.25, 0.3) is 0 Å². The molecule has 1 saturated carbocycles. The van der Waals surface area contributed by atoms with Gasteiger partial charge in [0.15, 0.2) is 0 Å². The van der Waals surface area contributed by atoms with E-state index in [9.17, 15) is 0 Å². The summed E-state index contributed by atoms with van der Waals surface area (Å²) in [5.74, 6) is 0.947. The Bertz CT molecular complexity index is 393. The molecule has 0 aliphatic heterocycles. The van der Waals surface area contributed by atoms with E-state index in [2.05, 4.69) is 12.6 Å². The van der Waals surface area contributed by atoms with Gasteiger partial charge in [0.05, 0.1) is 0 Å². The van der Waals surface area contributed by atoms with E-state index in [-0.39, 0.29) is 5.54 Å². The third-order valence-electron chi connectivity index (χ3n) is 2.88. The standard InChI is InChI=1S/C14H19NO/c1-11(2)10-16-13-6-4-3-5-12(13)9-14(15)7-8-14/h3-6H,1,7-10,15H2,2H3. The van der Waals surface area contributed by atoms with E-state index in [1.165, 1.54) is 5.56 Å². The van der Waals surface area contributed by atoms with Gasteiger partial charge in [-0.2, -0.15) is 0 Å². The summed E-state index contributed by atoms with van der Waals surface area (Å²) in [4.78, 5) is 0. The number of hydrogen-bond donors (Lipinski definition) is 1. The lowest BCUT2D eigenvalue weighted by atomic mass is 10.0. The topological polar surface area (TPSA) is 35.2 Å². The van der Waals surface area contributed by atoms with Crippen molar-refractivity contribution in [1.29, 1.82) is 0 Å². The molecule has 2 N–H and O–H groups in total. The molecular weight excluding hydrogens is 198 g/mol. The van der Waals surface area contributed by atoms with Crippen molar-refractivity contribution in [2.75, 3.05) is 6.61 Å². The summed E-state index contributed by atoms with van der Waals surface area (Å²) < 4.78 is 5.72.